The van der Waals surface area contributed by atoms with Gasteiger partial charge in [0.2, 0.25) is 0 Å². The molecule has 0 bridgehead atoms. The summed E-state index contributed by atoms with van der Waals surface area (Å²) in [6.07, 6.45) is 0. The largest absolute Gasteiger partial charge is 0.329 e. The third-order valence-corrected chi connectivity index (χ3v) is 3.59. The molecule has 0 heterocycles. The van der Waals surface area contributed by atoms with E-state index in [1.54, 1.807) is 0 Å². The highest BCUT2D eigenvalue weighted by molar-refractivity contribution is 5.21. The van der Waals surface area contributed by atoms with Gasteiger partial charge in [-0.3, -0.25) is 0 Å². The zero-order valence-electron chi connectivity index (χ0n) is 11.4. The molecule has 2 aromatic carbocycles. The van der Waals surface area contributed by atoms with Crippen LogP contribution in [0.4, 0.5) is 0 Å². The molecule has 2 nitrogen and oxygen atoms in total. The van der Waals surface area contributed by atoms with Crippen molar-refractivity contribution in [3.8, 4) is 0 Å². The van der Waals surface area contributed by atoms with Gasteiger partial charge in [-0.25, -0.2) is 0 Å². The minimum atomic E-state index is 0.294. The van der Waals surface area contributed by atoms with Crippen molar-refractivity contribution >= 4 is 0 Å². The molecule has 2 aromatic rings. The third-order valence-electron chi connectivity index (χ3n) is 3.59. The Hall–Kier alpha value is -1.64. The van der Waals surface area contributed by atoms with Gasteiger partial charge < -0.3 is 11.1 Å². The smallest absolute Gasteiger partial charge is 0.0259 e. The van der Waals surface area contributed by atoms with E-state index in [2.05, 4.69) is 60.8 Å². The molecule has 2 atom stereocenters. The highest BCUT2D eigenvalue weighted by Gasteiger charge is 2.16. The van der Waals surface area contributed by atoms with Gasteiger partial charge >= 0.3 is 0 Å². The van der Waals surface area contributed by atoms with Gasteiger partial charge in [-0.1, -0.05) is 67.6 Å². The second kappa shape index (κ2) is 7.07. The first-order valence-corrected chi connectivity index (χ1v) is 6.83. The van der Waals surface area contributed by atoms with Crippen molar-refractivity contribution in [1.29, 1.82) is 0 Å². The van der Waals surface area contributed by atoms with Crippen LogP contribution in [0.1, 0.15) is 24.0 Å². The Kier molecular flexibility index (Phi) is 5.13. The lowest BCUT2D eigenvalue weighted by Crippen LogP contribution is -2.39. The summed E-state index contributed by atoms with van der Waals surface area (Å²) in [5, 5.41) is 3.56. The number of benzene rings is 2. The van der Waals surface area contributed by atoms with E-state index >= 15 is 0 Å². The fourth-order valence-electron chi connectivity index (χ4n) is 2.30. The molecule has 0 aromatic heterocycles. The molecule has 0 spiro atoms. The van der Waals surface area contributed by atoms with E-state index < -0.39 is 0 Å². The molecule has 0 aliphatic carbocycles. The zero-order chi connectivity index (χ0) is 13.5. The van der Waals surface area contributed by atoms with Crippen LogP contribution in [0.15, 0.2) is 60.7 Å². The predicted octanol–water partition coefficient (Wildman–Crippen LogP) is 2.91. The molecule has 0 aliphatic rings. The first-order chi connectivity index (χ1) is 9.31. The summed E-state index contributed by atoms with van der Waals surface area (Å²) in [7, 11) is 0. The number of nitrogens with one attached hydrogen (secondary N) is 1. The Balaban J connectivity index is 1.97. The van der Waals surface area contributed by atoms with Crippen LogP contribution in [-0.4, -0.2) is 12.6 Å². The molecular weight excluding hydrogens is 232 g/mol. The minimum absolute atomic E-state index is 0.294. The summed E-state index contributed by atoms with van der Waals surface area (Å²) in [5.74, 6) is 0.412. The SMILES string of the molecule is CC(c1ccccc1)C(CN)NCc1ccccc1. The second-order valence-electron chi connectivity index (χ2n) is 4.91. The lowest BCUT2D eigenvalue weighted by atomic mass is 9.93. The summed E-state index contributed by atoms with van der Waals surface area (Å²) in [6, 6.07) is 21.3. The normalized spacial score (nSPS) is 14.0. The standard InChI is InChI=1S/C17H22N2/c1-14(16-10-6-3-7-11-16)17(12-18)19-13-15-8-4-2-5-9-15/h2-11,14,17,19H,12-13,18H2,1H3. The molecule has 19 heavy (non-hydrogen) atoms. The molecule has 0 aliphatic heterocycles. The van der Waals surface area contributed by atoms with Crippen LogP contribution < -0.4 is 11.1 Å². The lowest BCUT2D eigenvalue weighted by molar-refractivity contribution is 0.456. The average molecular weight is 254 g/mol. The van der Waals surface area contributed by atoms with Gasteiger partial charge in [0, 0.05) is 19.1 Å². The molecule has 0 saturated heterocycles. The number of hydrogen-bond acceptors (Lipinski definition) is 2. The van der Waals surface area contributed by atoms with Crippen molar-refractivity contribution in [1.82, 2.24) is 5.32 Å². The van der Waals surface area contributed by atoms with Crippen LogP contribution in [0.2, 0.25) is 0 Å². The maximum absolute atomic E-state index is 5.91. The van der Waals surface area contributed by atoms with Crippen LogP contribution in [0.5, 0.6) is 0 Å². The van der Waals surface area contributed by atoms with Crippen molar-refractivity contribution in [2.75, 3.05) is 6.54 Å². The minimum Gasteiger partial charge on any atom is -0.329 e. The third kappa shape index (κ3) is 3.91. The van der Waals surface area contributed by atoms with E-state index in [1.807, 2.05) is 12.1 Å². The molecule has 3 N–H and O–H groups in total. The summed E-state index contributed by atoms with van der Waals surface area (Å²) in [5.41, 5.74) is 8.54. The van der Waals surface area contributed by atoms with E-state index in [1.165, 1.54) is 11.1 Å². The first kappa shape index (κ1) is 13.8. The molecule has 0 radical (unpaired) electrons. The van der Waals surface area contributed by atoms with Crippen LogP contribution in [0, 0.1) is 0 Å². The lowest BCUT2D eigenvalue weighted by Gasteiger charge is -2.24. The Morgan fingerprint density at radius 1 is 0.947 bits per heavy atom. The average Bonchev–Trinajstić information content (AvgIpc) is 2.49. The fourth-order valence-corrected chi connectivity index (χ4v) is 2.30. The predicted molar refractivity (Wildman–Crippen MR) is 81.0 cm³/mol. The van der Waals surface area contributed by atoms with E-state index in [0.29, 0.717) is 18.5 Å². The summed E-state index contributed by atoms with van der Waals surface area (Å²) in [6.45, 7) is 3.73. The van der Waals surface area contributed by atoms with Gasteiger partial charge in [-0.15, -0.1) is 0 Å². The van der Waals surface area contributed by atoms with Gasteiger partial charge in [0.1, 0.15) is 0 Å². The molecule has 0 saturated carbocycles. The molecule has 0 amide bonds. The van der Waals surface area contributed by atoms with E-state index in [4.69, 9.17) is 5.73 Å². The van der Waals surface area contributed by atoms with Crippen LogP contribution >= 0.6 is 0 Å². The number of hydrogen-bond donors (Lipinski definition) is 2. The van der Waals surface area contributed by atoms with Crippen LogP contribution in [-0.2, 0) is 6.54 Å². The molecule has 2 unspecified atom stereocenters. The van der Waals surface area contributed by atoms with E-state index in [-0.39, 0.29) is 0 Å². The van der Waals surface area contributed by atoms with Gasteiger partial charge in [0.05, 0.1) is 0 Å². The summed E-state index contributed by atoms with van der Waals surface area (Å²) >= 11 is 0. The van der Waals surface area contributed by atoms with Gasteiger partial charge in [0.25, 0.3) is 0 Å². The van der Waals surface area contributed by atoms with Crippen LogP contribution in [0.25, 0.3) is 0 Å². The fraction of sp³-hybridized carbons (Fsp3) is 0.294. The maximum Gasteiger partial charge on any atom is 0.0259 e. The van der Waals surface area contributed by atoms with Gasteiger partial charge in [0.15, 0.2) is 0 Å². The van der Waals surface area contributed by atoms with Crippen molar-refractivity contribution in [3.63, 3.8) is 0 Å². The highest BCUT2D eigenvalue weighted by Crippen LogP contribution is 2.18. The number of rotatable bonds is 6. The first-order valence-electron chi connectivity index (χ1n) is 6.83. The van der Waals surface area contributed by atoms with E-state index in [9.17, 15) is 0 Å². The summed E-state index contributed by atoms with van der Waals surface area (Å²) in [4.78, 5) is 0. The van der Waals surface area contributed by atoms with Crippen molar-refractivity contribution < 1.29 is 0 Å². The van der Waals surface area contributed by atoms with Gasteiger partial charge in [-0.05, 0) is 17.0 Å². The molecule has 2 rings (SSSR count). The Morgan fingerprint density at radius 2 is 1.53 bits per heavy atom. The van der Waals surface area contributed by atoms with Crippen molar-refractivity contribution in [2.45, 2.75) is 25.4 Å². The topological polar surface area (TPSA) is 38.0 Å². The van der Waals surface area contributed by atoms with E-state index in [0.717, 1.165) is 6.54 Å². The second-order valence-corrected chi connectivity index (χ2v) is 4.91. The summed E-state index contributed by atoms with van der Waals surface area (Å²) < 4.78 is 0. The molecule has 2 heteroatoms. The van der Waals surface area contributed by atoms with Crippen molar-refractivity contribution in [2.24, 2.45) is 5.73 Å². The molecule has 100 valence electrons. The molecule has 0 fully saturated rings. The quantitative estimate of drug-likeness (QED) is 0.832. The Bertz CT molecular complexity index is 467. The Labute approximate surface area is 115 Å². The zero-order valence-corrected chi connectivity index (χ0v) is 11.4. The maximum atomic E-state index is 5.91. The van der Waals surface area contributed by atoms with Crippen molar-refractivity contribution in [3.05, 3.63) is 71.8 Å². The highest BCUT2D eigenvalue weighted by atomic mass is 14.9. The van der Waals surface area contributed by atoms with Gasteiger partial charge in [-0.2, -0.15) is 0 Å². The number of nitrogens with two attached hydrogens (primary N) is 1. The Morgan fingerprint density at radius 3 is 2.11 bits per heavy atom. The monoisotopic (exact) mass is 254 g/mol. The molecular formula is C17H22N2. The van der Waals surface area contributed by atoms with Crippen LogP contribution in [0.3, 0.4) is 0 Å².